The molecule has 2 aromatic rings. The van der Waals surface area contributed by atoms with Gasteiger partial charge in [0.2, 0.25) is 0 Å². The number of nitrogens with zero attached hydrogens (tertiary/aromatic N) is 1. The maximum atomic E-state index is 9.54. The number of benzene rings is 1. The summed E-state index contributed by atoms with van der Waals surface area (Å²) >= 11 is 1.88. The summed E-state index contributed by atoms with van der Waals surface area (Å²) in [7, 11) is 0. The molecule has 1 aromatic heterocycles. The van der Waals surface area contributed by atoms with Crippen LogP contribution in [0.3, 0.4) is 0 Å². The predicted molar refractivity (Wildman–Crippen MR) is 79.5 cm³/mol. The van der Waals surface area contributed by atoms with Crippen molar-refractivity contribution < 1.29 is 5.11 Å². The Morgan fingerprint density at radius 2 is 2.17 bits per heavy atom. The summed E-state index contributed by atoms with van der Waals surface area (Å²) in [5, 5.41) is 14.9. The van der Waals surface area contributed by atoms with Crippen LogP contribution in [0.5, 0.6) is 5.75 Å². The second kappa shape index (κ2) is 6.50. The van der Waals surface area contributed by atoms with Gasteiger partial charge in [-0.05, 0) is 48.4 Å². The van der Waals surface area contributed by atoms with Crippen LogP contribution >= 0.6 is 11.8 Å². The average molecular weight is 262 g/mol. The maximum Gasteiger partial charge on any atom is 0.133 e. The number of pyridine rings is 1. The molecule has 1 heterocycles. The third-order valence-corrected chi connectivity index (χ3v) is 3.51. The number of unbranched alkanes of at least 4 members (excludes halogenated alkanes) is 1. The zero-order valence-electron chi connectivity index (χ0n) is 10.5. The summed E-state index contributed by atoms with van der Waals surface area (Å²) in [5.74, 6) is 2.33. The SMILES string of the molecule is CSCCCCNc1nccc2ccc(O)cc12. The fraction of sp³-hybridized carbons (Fsp3) is 0.357. The number of hydrogen-bond donors (Lipinski definition) is 2. The molecule has 96 valence electrons. The maximum absolute atomic E-state index is 9.54. The highest BCUT2D eigenvalue weighted by Crippen LogP contribution is 2.24. The van der Waals surface area contributed by atoms with Gasteiger partial charge in [-0.3, -0.25) is 0 Å². The Morgan fingerprint density at radius 1 is 1.28 bits per heavy atom. The van der Waals surface area contributed by atoms with E-state index < -0.39 is 0 Å². The molecule has 0 aliphatic rings. The lowest BCUT2D eigenvalue weighted by Gasteiger charge is -2.08. The van der Waals surface area contributed by atoms with E-state index in [2.05, 4.69) is 16.6 Å². The first-order valence-electron chi connectivity index (χ1n) is 6.12. The Labute approximate surface area is 112 Å². The van der Waals surface area contributed by atoms with E-state index in [1.165, 1.54) is 12.2 Å². The number of phenolic OH excluding ortho intramolecular Hbond substituents is 1. The van der Waals surface area contributed by atoms with Gasteiger partial charge in [0.05, 0.1) is 0 Å². The van der Waals surface area contributed by atoms with Crippen molar-refractivity contribution in [3.63, 3.8) is 0 Å². The van der Waals surface area contributed by atoms with Crippen LogP contribution in [0.4, 0.5) is 5.82 Å². The number of anilines is 1. The highest BCUT2D eigenvalue weighted by atomic mass is 32.2. The Kier molecular flexibility index (Phi) is 4.70. The van der Waals surface area contributed by atoms with Crippen molar-refractivity contribution in [2.75, 3.05) is 23.9 Å². The third-order valence-electron chi connectivity index (χ3n) is 2.82. The number of thioether (sulfide) groups is 1. The summed E-state index contributed by atoms with van der Waals surface area (Å²) in [6.07, 6.45) is 6.27. The normalized spacial score (nSPS) is 10.7. The Bertz CT molecular complexity index is 516. The second-order valence-corrected chi connectivity index (χ2v) is 5.18. The molecule has 0 aliphatic heterocycles. The molecule has 0 atom stereocenters. The van der Waals surface area contributed by atoms with Crippen molar-refractivity contribution in [2.24, 2.45) is 0 Å². The Morgan fingerprint density at radius 3 is 3.00 bits per heavy atom. The molecule has 2 N–H and O–H groups in total. The molecule has 4 heteroatoms. The molecule has 3 nitrogen and oxygen atoms in total. The highest BCUT2D eigenvalue weighted by molar-refractivity contribution is 7.98. The number of fused-ring (bicyclic) bond motifs is 1. The highest BCUT2D eigenvalue weighted by Gasteiger charge is 2.02. The first-order valence-corrected chi connectivity index (χ1v) is 7.51. The van der Waals surface area contributed by atoms with Crippen molar-refractivity contribution >= 4 is 28.4 Å². The van der Waals surface area contributed by atoms with Crippen molar-refractivity contribution in [3.05, 3.63) is 30.5 Å². The number of rotatable bonds is 6. The lowest BCUT2D eigenvalue weighted by atomic mass is 10.1. The Balaban J connectivity index is 2.05. The van der Waals surface area contributed by atoms with Gasteiger partial charge in [-0.15, -0.1) is 0 Å². The van der Waals surface area contributed by atoms with Gasteiger partial charge in [0, 0.05) is 18.1 Å². The molecule has 0 unspecified atom stereocenters. The standard InChI is InChI=1S/C14H18N2OS/c1-18-9-3-2-7-15-14-13-10-12(17)5-4-11(13)6-8-16-14/h4-6,8,10,17H,2-3,7,9H2,1H3,(H,15,16). The molecular formula is C14H18N2OS. The van der Waals surface area contributed by atoms with Crippen molar-refractivity contribution in [1.29, 1.82) is 0 Å². The zero-order valence-corrected chi connectivity index (χ0v) is 11.3. The van der Waals surface area contributed by atoms with E-state index in [1.807, 2.05) is 23.9 Å². The van der Waals surface area contributed by atoms with Crippen molar-refractivity contribution in [1.82, 2.24) is 4.98 Å². The molecule has 0 fully saturated rings. The van der Waals surface area contributed by atoms with Crippen molar-refractivity contribution in [3.8, 4) is 5.75 Å². The molecule has 0 amide bonds. The summed E-state index contributed by atoms with van der Waals surface area (Å²) in [6, 6.07) is 7.32. The van der Waals surface area contributed by atoms with Crippen LogP contribution in [-0.4, -0.2) is 28.6 Å². The molecule has 0 saturated heterocycles. The zero-order chi connectivity index (χ0) is 12.8. The topological polar surface area (TPSA) is 45.2 Å². The summed E-state index contributed by atoms with van der Waals surface area (Å²) in [6.45, 7) is 0.919. The molecular weight excluding hydrogens is 244 g/mol. The van der Waals surface area contributed by atoms with Crippen LogP contribution in [0.25, 0.3) is 10.8 Å². The summed E-state index contributed by atoms with van der Waals surface area (Å²) in [4.78, 5) is 4.34. The minimum Gasteiger partial charge on any atom is -0.508 e. The number of nitrogens with one attached hydrogen (secondary N) is 1. The molecule has 1 aromatic carbocycles. The van der Waals surface area contributed by atoms with Gasteiger partial charge in [0.15, 0.2) is 0 Å². The van der Waals surface area contributed by atoms with E-state index in [0.29, 0.717) is 0 Å². The molecule has 0 radical (unpaired) electrons. The van der Waals surface area contributed by atoms with Gasteiger partial charge in [0.1, 0.15) is 11.6 Å². The van der Waals surface area contributed by atoms with Crippen molar-refractivity contribution in [2.45, 2.75) is 12.8 Å². The lowest BCUT2D eigenvalue weighted by molar-refractivity contribution is 0.476. The van der Waals surface area contributed by atoms with E-state index in [-0.39, 0.29) is 5.75 Å². The lowest BCUT2D eigenvalue weighted by Crippen LogP contribution is -2.04. The molecule has 18 heavy (non-hydrogen) atoms. The summed E-state index contributed by atoms with van der Waals surface area (Å²) in [5.41, 5.74) is 0. The van der Waals surface area contributed by atoms with Crippen LogP contribution in [0, 0.1) is 0 Å². The molecule has 0 aliphatic carbocycles. The van der Waals surface area contributed by atoms with Gasteiger partial charge >= 0.3 is 0 Å². The summed E-state index contributed by atoms with van der Waals surface area (Å²) < 4.78 is 0. The number of hydrogen-bond acceptors (Lipinski definition) is 4. The molecule has 0 spiro atoms. The fourth-order valence-corrected chi connectivity index (χ4v) is 2.37. The minimum atomic E-state index is 0.279. The second-order valence-electron chi connectivity index (χ2n) is 4.19. The predicted octanol–water partition coefficient (Wildman–Crippen LogP) is 3.50. The number of aromatic hydroxyl groups is 1. The van der Waals surface area contributed by atoms with Gasteiger partial charge in [0.25, 0.3) is 0 Å². The quantitative estimate of drug-likeness (QED) is 0.782. The largest absolute Gasteiger partial charge is 0.508 e. The first-order chi connectivity index (χ1) is 8.81. The number of aromatic nitrogens is 1. The Hall–Kier alpha value is -1.42. The van der Waals surface area contributed by atoms with E-state index in [4.69, 9.17) is 0 Å². The fourth-order valence-electron chi connectivity index (χ4n) is 1.88. The van der Waals surface area contributed by atoms with E-state index in [0.717, 1.165) is 29.6 Å². The molecule has 0 bridgehead atoms. The minimum absolute atomic E-state index is 0.279. The average Bonchev–Trinajstić information content (AvgIpc) is 2.39. The van der Waals surface area contributed by atoms with Gasteiger partial charge < -0.3 is 10.4 Å². The first kappa shape index (κ1) is 13.0. The van der Waals surface area contributed by atoms with Crippen LogP contribution in [0.15, 0.2) is 30.5 Å². The number of phenols is 1. The molecule has 2 rings (SSSR count). The van der Waals surface area contributed by atoms with Gasteiger partial charge in [-0.1, -0.05) is 6.07 Å². The van der Waals surface area contributed by atoms with E-state index >= 15 is 0 Å². The van der Waals surface area contributed by atoms with Crippen LogP contribution in [0.2, 0.25) is 0 Å². The van der Waals surface area contributed by atoms with Crippen LogP contribution in [-0.2, 0) is 0 Å². The smallest absolute Gasteiger partial charge is 0.133 e. The van der Waals surface area contributed by atoms with Gasteiger partial charge in [-0.2, -0.15) is 11.8 Å². The van der Waals surface area contributed by atoms with E-state index in [1.54, 1.807) is 18.3 Å². The van der Waals surface area contributed by atoms with E-state index in [9.17, 15) is 5.11 Å². The third kappa shape index (κ3) is 3.29. The molecule has 0 saturated carbocycles. The van der Waals surface area contributed by atoms with Gasteiger partial charge in [-0.25, -0.2) is 4.98 Å². The monoisotopic (exact) mass is 262 g/mol. The van der Waals surface area contributed by atoms with Crippen LogP contribution < -0.4 is 5.32 Å². The van der Waals surface area contributed by atoms with Crippen LogP contribution in [0.1, 0.15) is 12.8 Å².